The Kier molecular flexibility index (Phi) is 5.92. The van der Waals surface area contributed by atoms with Gasteiger partial charge in [-0.2, -0.15) is 0 Å². The molecule has 1 aliphatic rings. The lowest BCUT2D eigenvalue weighted by Crippen LogP contribution is -2.46. The summed E-state index contributed by atoms with van der Waals surface area (Å²) in [5.74, 6) is 0.416. The minimum Gasteiger partial charge on any atom is -0.379 e. The Hall–Kier alpha value is -2.51. The molecule has 0 aliphatic carbocycles. The van der Waals surface area contributed by atoms with Gasteiger partial charge in [0.2, 0.25) is 5.95 Å². The molecule has 7 nitrogen and oxygen atoms in total. The van der Waals surface area contributed by atoms with E-state index in [0.29, 0.717) is 11.5 Å². The van der Waals surface area contributed by atoms with Gasteiger partial charge in [-0.05, 0) is 31.2 Å². The largest absolute Gasteiger partial charge is 0.379 e. The number of rotatable bonds is 6. The van der Waals surface area contributed by atoms with E-state index in [1.807, 2.05) is 19.1 Å². The van der Waals surface area contributed by atoms with Crippen LogP contribution in [0.3, 0.4) is 0 Å². The molecule has 3 rings (SSSR count). The van der Waals surface area contributed by atoms with Crippen molar-refractivity contribution in [1.82, 2.24) is 20.2 Å². The van der Waals surface area contributed by atoms with Crippen LogP contribution < -0.4 is 10.6 Å². The number of amides is 1. The number of carbonyl (C=O) groups is 1. The Balaban J connectivity index is 1.57. The quantitative estimate of drug-likeness (QED) is 0.832. The second kappa shape index (κ2) is 8.55. The Labute approximate surface area is 147 Å². The van der Waals surface area contributed by atoms with Crippen LogP contribution in [-0.4, -0.2) is 59.7 Å². The fourth-order valence-corrected chi connectivity index (χ4v) is 2.75. The van der Waals surface area contributed by atoms with E-state index in [0.717, 1.165) is 38.5 Å². The second-order valence-electron chi connectivity index (χ2n) is 6.07. The van der Waals surface area contributed by atoms with Gasteiger partial charge in [-0.1, -0.05) is 6.07 Å². The number of carbonyl (C=O) groups excluding carboxylic acids is 1. The van der Waals surface area contributed by atoms with Crippen molar-refractivity contribution in [3.63, 3.8) is 0 Å². The monoisotopic (exact) mass is 341 g/mol. The number of hydrogen-bond acceptors (Lipinski definition) is 6. The standard InChI is InChI=1S/C18H23N5O2/c1-14(13-23-8-10-25-11-9-23)21-17(24)15-4-2-5-16(12-15)22-18-19-6-3-7-20-18/h2-7,12,14H,8-11,13H2,1H3,(H,21,24)(H,19,20,22)/t14-/m0/s1. The van der Waals surface area contributed by atoms with E-state index >= 15 is 0 Å². The number of nitrogens with zero attached hydrogens (tertiary/aromatic N) is 3. The molecule has 0 bridgehead atoms. The van der Waals surface area contributed by atoms with Crippen LogP contribution in [0.2, 0.25) is 0 Å². The maximum absolute atomic E-state index is 12.5. The first-order chi connectivity index (χ1) is 12.2. The molecule has 1 aromatic heterocycles. The van der Waals surface area contributed by atoms with Crippen molar-refractivity contribution >= 4 is 17.5 Å². The third kappa shape index (κ3) is 5.23. The summed E-state index contributed by atoms with van der Waals surface area (Å²) in [7, 11) is 0. The van der Waals surface area contributed by atoms with Crippen molar-refractivity contribution in [1.29, 1.82) is 0 Å². The average Bonchev–Trinajstić information content (AvgIpc) is 2.63. The lowest BCUT2D eigenvalue weighted by molar-refractivity contribution is 0.0342. The van der Waals surface area contributed by atoms with Gasteiger partial charge in [0.05, 0.1) is 13.2 Å². The molecule has 7 heteroatoms. The van der Waals surface area contributed by atoms with Gasteiger partial charge >= 0.3 is 0 Å². The molecule has 0 unspecified atom stereocenters. The van der Waals surface area contributed by atoms with Crippen LogP contribution in [0.15, 0.2) is 42.7 Å². The fraction of sp³-hybridized carbons (Fsp3) is 0.389. The molecular formula is C18H23N5O2. The number of ether oxygens (including phenoxy) is 1. The number of hydrogen-bond donors (Lipinski definition) is 2. The Morgan fingerprint density at radius 2 is 2.00 bits per heavy atom. The predicted molar refractivity (Wildman–Crippen MR) is 95.9 cm³/mol. The van der Waals surface area contributed by atoms with Gasteiger partial charge in [0, 0.05) is 49.3 Å². The highest BCUT2D eigenvalue weighted by Crippen LogP contribution is 2.14. The molecule has 2 aromatic rings. The van der Waals surface area contributed by atoms with Crippen molar-refractivity contribution in [2.24, 2.45) is 0 Å². The van der Waals surface area contributed by atoms with Crippen molar-refractivity contribution in [3.8, 4) is 0 Å². The molecule has 1 amide bonds. The Morgan fingerprint density at radius 1 is 1.24 bits per heavy atom. The summed E-state index contributed by atoms with van der Waals surface area (Å²) in [6.07, 6.45) is 3.33. The van der Waals surface area contributed by atoms with E-state index in [2.05, 4.69) is 25.5 Å². The molecule has 0 saturated carbocycles. The Bertz CT molecular complexity index is 689. The van der Waals surface area contributed by atoms with Crippen molar-refractivity contribution in [2.75, 3.05) is 38.2 Å². The molecule has 0 radical (unpaired) electrons. The summed E-state index contributed by atoms with van der Waals surface area (Å²) in [5.41, 5.74) is 1.38. The fourth-order valence-electron chi connectivity index (χ4n) is 2.75. The first kappa shape index (κ1) is 17.3. The molecule has 1 saturated heterocycles. The third-order valence-corrected chi connectivity index (χ3v) is 3.96. The number of anilines is 2. The van der Waals surface area contributed by atoms with E-state index in [-0.39, 0.29) is 11.9 Å². The van der Waals surface area contributed by atoms with Crippen LogP contribution in [0.4, 0.5) is 11.6 Å². The van der Waals surface area contributed by atoms with Crippen LogP contribution >= 0.6 is 0 Å². The second-order valence-corrected chi connectivity index (χ2v) is 6.07. The van der Waals surface area contributed by atoms with Gasteiger partial charge in [-0.25, -0.2) is 9.97 Å². The van der Waals surface area contributed by atoms with Crippen molar-refractivity contribution in [3.05, 3.63) is 48.3 Å². The summed E-state index contributed by atoms with van der Waals surface area (Å²) in [6, 6.07) is 9.14. The molecule has 0 spiro atoms. The first-order valence-corrected chi connectivity index (χ1v) is 8.46. The van der Waals surface area contributed by atoms with Crippen LogP contribution in [0.5, 0.6) is 0 Å². The summed E-state index contributed by atoms with van der Waals surface area (Å²) in [5, 5.41) is 6.15. The molecule has 2 heterocycles. The zero-order valence-electron chi connectivity index (χ0n) is 14.3. The van der Waals surface area contributed by atoms with E-state index in [4.69, 9.17) is 4.74 Å². The van der Waals surface area contributed by atoms with Crippen LogP contribution in [-0.2, 0) is 4.74 Å². The number of morpholine rings is 1. The van der Waals surface area contributed by atoms with E-state index in [1.54, 1.807) is 30.6 Å². The minimum atomic E-state index is -0.0848. The maximum Gasteiger partial charge on any atom is 0.251 e. The van der Waals surface area contributed by atoms with Gasteiger partial charge in [-0.15, -0.1) is 0 Å². The zero-order valence-corrected chi connectivity index (χ0v) is 14.3. The predicted octanol–water partition coefficient (Wildman–Crippen LogP) is 1.67. The van der Waals surface area contributed by atoms with Crippen LogP contribution in [0.1, 0.15) is 17.3 Å². The zero-order chi connectivity index (χ0) is 17.5. The smallest absolute Gasteiger partial charge is 0.251 e. The highest BCUT2D eigenvalue weighted by Gasteiger charge is 2.16. The van der Waals surface area contributed by atoms with Crippen LogP contribution in [0, 0.1) is 0 Å². The van der Waals surface area contributed by atoms with Crippen LogP contribution in [0.25, 0.3) is 0 Å². The molecule has 2 N–H and O–H groups in total. The number of benzene rings is 1. The van der Waals surface area contributed by atoms with Gasteiger partial charge < -0.3 is 15.4 Å². The molecule has 1 aromatic carbocycles. The molecular weight excluding hydrogens is 318 g/mol. The van der Waals surface area contributed by atoms with E-state index in [9.17, 15) is 4.79 Å². The lowest BCUT2D eigenvalue weighted by atomic mass is 10.1. The SMILES string of the molecule is C[C@@H](CN1CCOCC1)NC(=O)c1cccc(Nc2ncccn2)c1. The highest BCUT2D eigenvalue weighted by molar-refractivity contribution is 5.95. The first-order valence-electron chi connectivity index (χ1n) is 8.46. The minimum absolute atomic E-state index is 0.0691. The summed E-state index contributed by atoms with van der Waals surface area (Å²) >= 11 is 0. The maximum atomic E-state index is 12.5. The van der Waals surface area contributed by atoms with Crippen molar-refractivity contribution < 1.29 is 9.53 Å². The topological polar surface area (TPSA) is 79.4 Å². The molecule has 132 valence electrons. The molecule has 1 atom stereocenters. The lowest BCUT2D eigenvalue weighted by Gasteiger charge is -2.29. The van der Waals surface area contributed by atoms with Crippen molar-refractivity contribution in [2.45, 2.75) is 13.0 Å². The Morgan fingerprint density at radius 3 is 2.76 bits per heavy atom. The summed E-state index contributed by atoms with van der Waals surface area (Å²) in [6.45, 7) is 6.19. The van der Waals surface area contributed by atoms with E-state index in [1.165, 1.54) is 0 Å². The molecule has 1 aliphatic heterocycles. The van der Waals surface area contributed by atoms with Gasteiger partial charge in [0.1, 0.15) is 0 Å². The highest BCUT2D eigenvalue weighted by atomic mass is 16.5. The third-order valence-electron chi connectivity index (χ3n) is 3.96. The number of nitrogens with one attached hydrogen (secondary N) is 2. The molecule has 1 fully saturated rings. The van der Waals surface area contributed by atoms with Gasteiger partial charge in [0.25, 0.3) is 5.91 Å². The normalized spacial score (nSPS) is 16.2. The van der Waals surface area contributed by atoms with Gasteiger partial charge in [0.15, 0.2) is 0 Å². The summed E-state index contributed by atoms with van der Waals surface area (Å²) < 4.78 is 5.35. The number of aromatic nitrogens is 2. The van der Waals surface area contributed by atoms with E-state index < -0.39 is 0 Å². The average molecular weight is 341 g/mol. The molecule has 25 heavy (non-hydrogen) atoms. The summed E-state index contributed by atoms with van der Waals surface area (Å²) in [4.78, 5) is 23.0. The van der Waals surface area contributed by atoms with Gasteiger partial charge in [-0.3, -0.25) is 9.69 Å².